The lowest BCUT2D eigenvalue weighted by Crippen LogP contribution is -1.98. The molecular formula is C16H19NO2. The molecule has 0 fully saturated rings. The minimum absolute atomic E-state index is 0.539. The summed E-state index contributed by atoms with van der Waals surface area (Å²) >= 11 is 0. The highest BCUT2D eigenvalue weighted by Gasteiger charge is 2.01. The summed E-state index contributed by atoms with van der Waals surface area (Å²) in [6, 6.07) is 13.6. The Labute approximate surface area is 114 Å². The summed E-state index contributed by atoms with van der Waals surface area (Å²) in [7, 11) is 1.66. The molecule has 0 unspecified atom stereocenters. The fourth-order valence-corrected chi connectivity index (χ4v) is 1.87. The fraction of sp³-hybridized carbons (Fsp3) is 0.250. The van der Waals surface area contributed by atoms with Gasteiger partial charge in [0.2, 0.25) is 0 Å². The molecule has 0 aliphatic heterocycles. The Morgan fingerprint density at radius 1 is 1.00 bits per heavy atom. The minimum Gasteiger partial charge on any atom is -0.497 e. The highest BCUT2D eigenvalue weighted by atomic mass is 16.5. The van der Waals surface area contributed by atoms with Gasteiger partial charge in [0, 0.05) is 5.69 Å². The van der Waals surface area contributed by atoms with Crippen LogP contribution in [0.2, 0.25) is 0 Å². The van der Waals surface area contributed by atoms with Gasteiger partial charge < -0.3 is 15.2 Å². The average molecular weight is 257 g/mol. The Kier molecular flexibility index (Phi) is 4.29. The smallest absolute Gasteiger partial charge is 0.120 e. The van der Waals surface area contributed by atoms with E-state index in [1.165, 1.54) is 0 Å². The van der Waals surface area contributed by atoms with E-state index in [0.29, 0.717) is 6.61 Å². The number of ether oxygens (including phenoxy) is 2. The predicted molar refractivity (Wildman–Crippen MR) is 77.6 cm³/mol. The number of methoxy groups -OCH3 is 1. The molecule has 0 heterocycles. The van der Waals surface area contributed by atoms with Crippen LogP contribution in [0.3, 0.4) is 0 Å². The molecule has 0 aliphatic carbocycles. The molecule has 0 aliphatic rings. The van der Waals surface area contributed by atoms with Crippen molar-refractivity contribution < 1.29 is 9.47 Å². The summed E-state index contributed by atoms with van der Waals surface area (Å²) in [5.74, 6) is 1.70. The maximum absolute atomic E-state index is 5.87. The number of benzene rings is 2. The summed E-state index contributed by atoms with van der Waals surface area (Å²) in [6.07, 6.45) is 0.908. The third-order valence-corrected chi connectivity index (χ3v) is 3.06. The highest BCUT2D eigenvalue weighted by Crippen LogP contribution is 2.21. The summed E-state index contributed by atoms with van der Waals surface area (Å²) in [4.78, 5) is 0. The zero-order valence-corrected chi connectivity index (χ0v) is 11.3. The van der Waals surface area contributed by atoms with Crippen molar-refractivity contribution in [2.24, 2.45) is 0 Å². The molecule has 0 aromatic heterocycles. The fourth-order valence-electron chi connectivity index (χ4n) is 1.87. The Morgan fingerprint density at radius 2 is 1.68 bits per heavy atom. The van der Waals surface area contributed by atoms with Gasteiger partial charge in [-0.1, -0.05) is 19.1 Å². The lowest BCUT2D eigenvalue weighted by atomic mass is 10.1. The Bertz CT molecular complexity index is 535. The Balaban J connectivity index is 2.01. The van der Waals surface area contributed by atoms with Crippen LogP contribution >= 0.6 is 0 Å². The summed E-state index contributed by atoms with van der Waals surface area (Å²) in [5, 5.41) is 0. The van der Waals surface area contributed by atoms with Crippen molar-refractivity contribution in [3.05, 3.63) is 53.6 Å². The van der Waals surface area contributed by atoms with Gasteiger partial charge in [0.25, 0.3) is 0 Å². The van der Waals surface area contributed by atoms with E-state index in [2.05, 4.69) is 6.92 Å². The monoisotopic (exact) mass is 257 g/mol. The second kappa shape index (κ2) is 6.14. The van der Waals surface area contributed by atoms with Crippen molar-refractivity contribution in [1.29, 1.82) is 0 Å². The zero-order valence-electron chi connectivity index (χ0n) is 11.3. The van der Waals surface area contributed by atoms with Crippen LogP contribution in [0.15, 0.2) is 42.5 Å². The van der Waals surface area contributed by atoms with Gasteiger partial charge in [0.05, 0.1) is 7.11 Å². The quantitative estimate of drug-likeness (QED) is 0.835. The van der Waals surface area contributed by atoms with Crippen molar-refractivity contribution in [3.8, 4) is 11.5 Å². The van der Waals surface area contributed by atoms with Gasteiger partial charge in [-0.05, 0) is 47.9 Å². The van der Waals surface area contributed by atoms with E-state index in [1.54, 1.807) is 7.11 Å². The van der Waals surface area contributed by atoms with E-state index in [0.717, 1.165) is 34.7 Å². The van der Waals surface area contributed by atoms with Gasteiger partial charge in [-0.3, -0.25) is 0 Å². The first-order valence-corrected chi connectivity index (χ1v) is 6.37. The van der Waals surface area contributed by atoms with Gasteiger partial charge in [0.1, 0.15) is 18.1 Å². The molecule has 0 bridgehead atoms. The van der Waals surface area contributed by atoms with E-state index in [-0.39, 0.29) is 0 Å². The van der Waals surface area contributed by atoms with E-state index < -0.39 is 0 Å². The molecule has 100 valence electrons. The number of aryl methyl sites for hydroxylation is 1. The second-order valence-corrected chi connectivity index (χ2v) is 4.35. The molecule has 2 aromatic rings. The molecule has 0 saturated heterocycles. The lowest BCUT2D eigenvalue weighted by Gasteiger charge is -2.09. The van der Waals surface area contributed by atoms with Gasteiger partial charge in [-0.2, -0.15) is 0 Å². The van der Waals surface area contributed by atoms with Crippen LogP contribution in [0.4, 0.5) is 5.69 Å². The van der Waals surface area contributed by atoms with Crippen LogP contribution in [0.5, 0.6) is 11.5 Å². The maximum Gasteiger partial charge on any atom is 0.120 e. The van der Waals surface area contributed by atoms with E-state index in [9.17, 15) is 0 Å². The largest absolute Gasteiger partial charge is 0.497 e. The first kappa shape index (κ1) is 13.3. The second-order valence-electron chi connectivity index (χ2n) is 4.35. The maximum atomic E-state index is 5.87. The first-order chi connectivity index (χ1) is 9.22. The van der Waals surface area contributed by atoms with E-state index in [1.807, 2.05) is 42.5 Å². The van der Waals surface area contributed by atoms with Crippen molar-refractivity contribution in [2.45, 2.75) is 20.0 Å². The highest BCUT2D eigenvalue weighted by molar-refractivity contribution is 5.50. The summed E-state index contributed by atoms with van der Waals surface area (Å²) in [5.41, 5.74) is 8.91. The normalized spacial score (nSPS) is 10.2. The summed E-state index contributed by atoms with van der Waals surface area (Å²) in [6.45, 7) is 2.62. The molecule has 0 atom stereocenters. The average Bonchev–Trinajstić information content (AvgIpc) is 2.47. The van der Waals surface area contributed by atoms with Crippen LogP contribution in [0.25, 0.3) is 0 Å². The molecule has 3 heteroatoms. The van der Waals surface area contributed by atoms with E-state index >= 15 is 0 Å². The van der Waals surface area contributed by atoms with Crippen LogP contribution in [-0.4, -0.2) is 7.11 Å². The standard InChI is InChI=1S/C16H19NO2/c1-3-13-10-15(8-9-16(13)17)19-11-12-4-6-14(18-2)7-5-12/h4-10H,3,11,17H2,1-2H3. The molecule has 0 spiro atoms. The van der Waals surface area contributed by atoms with Crippen LogP contribution in [0, 0.1) is 0 Å². The predicted octanol–water partition coefficient (Wildman–Crippen LogP) is 3.42. The molecule has 3 nitrogen and oxygen atoms in total. The number of hydrogen-bond acceptors (Lipinski definition) is 3. The Morgan fingerprint density at radius 3 is 2.32 bits per heavy atom. The molecular weight excluding hydrogens is 238 g/mol. The van der Waals surface area contributed by atoms with Crippen molar-refractivity contribution in [1.82, 2.24) is 0 Å². The topological polar surface area (TPSA) is 44.5 Å². The molecule has 0 radical (unpaired) electrons. The number of anilines is 1. The third-order valence-electron chi connectivity index (χ3n) is 3.06. The number of nitrogen functional groups attached to an aromatic ring is 1. The van der Waals surface area contributed by atoms with E-state index in [4.69, 9.17) is 15.2 Å². The number of rotatable bonds is 5. The molecule has 2 rings (SSSR count). The van der Waals surface area contributed by atoms with Gasteiger partial charge in [0.15, 0.2) is 0 Å². The van der Waals surface area contributed by atoms with Crippen molar-refractivity contribution in [3.63, 3.8) is 0 Å². The number of nitrogens with two attached hydrogens (primary N) is 1. The Hall–Kier alpha value is -2.16. The van der Waals surface area contributed by atoms with Crippen molar-refractivity contribution in [2.75, 3.05) is 12.8 Å². The third kappa shape index (κ3) is 3.41. The van der Waals surface area contributed by atoms with Crippen molar-refractivity contribution >= 4 is 5.69 Å². The molecule has 19 heavy (non-hydrogen) atoms. The van der Waals surface area contributed by atoms with Crippen LogP contribution < -0.4 is 15.2 Å². The number of hydrogen-bond donors (Lipinski definition) is 1. The van der Waals surface area contributed by atoms with Crippen LogP contribution in [-0.2, 0) is 13.0 Å². The molecule has 0 saturated carbocycles. The first-order valence-electron chi connectivity index (χ1n) is 6.37. The summed E-state index contributed by atoms with van der Waals surface area (Å²) < 4.78 is 10.9. The minimum atomic E-state index is 0.539. The molecule has 0 amide bonds. The van der Waals surface area contributed by atoms with Gasteiger partial charge in [-0.15, -0.1) is 0 Å². The van der Waals surface area contributed by atoms with Gasteiger partial charge >= 0.3 is 0 Å². The van der Waals surface area contributed by atoms with Crippen LogP contribution in [0.1, 0.15) is 18.1 Å². The molecule has 2 aromatic carbocycles. The lowest BCUT2D eigenvalue weighted by molar-refractivity contribution is 0.305. The zero-order chi connectivity index (χ0) is 13.7. The molecule has 2 N–H and O–H groups in total. The van der Waals surface area contributed by atoms with Gasteiger partial charge in [-0.25, -0.2) is 0 Å². The SMILES string of the molecule is CCc1cc(OCc2ccc(OC)cc2)ccc1N.